The van der Waals surface area contributed by atoms with E-state index in [-0.39, 0.29) is 11.7 Å². The third-order valence-corrected chi connectivity index (χ3v) is 5.39. The van der Waals surface area contributed by atoms with Crippen LogP contribution in [0.2, 0.25) is 0 Å². The molecule has 1 aliphatic rings. The van der Waals surface area contributed by atoms with Gasteiger partial charge >= 0.3 is 5.69 Å². The van der Waals surface area contributed by atoms with Crippen LogP contribution in [0.15, 0.2) is 22.4 Å². The van der Waals surface area contributed by atoms with Crippen LogP contribution in [0.1, 0.15) is 29.4 Å². The van der Waals surface area contributed by atoms with Crippen LogP contribution in [0.4, 0.5) is 5.95 Å². The van der Waals surface area contributed by atoms with Crippen molar-refractivity contribution in [2.24, 2.45) is 0 Å². The number of rotatable bonds is 5. The maximum absolute atomic E-state index is 12.7. The number of thiazole rings is 1. The Bertz CT molecular complexity index is 993. The summed E-state index contributed by atoms with van der Waals surface area (Å²) in [5.74, 6) is 1.88. The molecule has 0 aliphatic carbocycles. The van der Waals surface area contributed by atoms with Gasteiger partial charge in [0.1, 0.15) is 5.82 Å². The molecule has 1 atom stereocenters. The van der Waals surface area contributed by atoms with Gasteiger partial charge in [0, 0.05) is 36.7 Å². The Morgan fingerprint density at radius 3 is 3.04 bits per heavy atom. The van der Waals surface area contributed by atoms with Crippen molar-refractivity contribution < 1.29 is 4.74 Å². The second-order valence-electron chi connectivity index (χ2n) is 6.46. The number of nitrogens with zero attached hydrogens (tertiary/aromatic N) is 6. The minimum absolute atomic E-state index is 0.0751. The average Bonchev–Trinajstić information content (AvgIpc) is 3.14. The summed E-state index contributed by atoms with van der Waals surface area (Å²) in [7, 11) is 1.58. The number of hydrogen-bond acceptors (Lipinski definition) is 8. The quantitative estimate of drug-likeness (QED) is 0.708. The minimum Gasteiger partial charge on any atom is -0.481 e. The molecule has 0 amide bonds. The Kier molecular flexibility index (Phi) is 4.88. The van der Waals surface area contributed by atoms with Crippen molar-refractivity contribution in [3.8, 4) is 5.88 Å². The van der Waals surface area contributed by atoms with Crippen LogP contribution in [0, 0.1) is 6.92 Å². The molecular formula is C17H21N7O2S. The van der Waals surface area contributed by atoms with Crippen LogP contribution < -0.4 is 15.7 Å². The smallest absolute Gasteiger partial charge is 0.346 e. The van der Waals surface area contributed by atoms with Gasteiger partial charge in [-0.2, -0.15) is 10.1 Å². The molecule has 142 valence electrons. The van der Waals surface area contributed by atoms with Crippen LogP contribution in [0.3, 0.4) is 0 Å². The molecule has 9 nitrogen and oxygen atoms in total. The fraction of sp³-hybridized carbons (Fsp3) is 0.471. The van der Waals surface area contributed by atoms with Crippen molar-refractivity contribution in [1.29, 1.82) is 0 Å². The summed E-state index contributed by atoms with van der Waals surface area (Å²) in [6.45, 7) is 2.99. The normalized spacial score (nSPS) is 16.6. The summed E-state index contributed by atoms with van der Waals surface area (Å²) in [6, 6.07) is 1.88. The summed E-state index contributed by atoms with van der Waals surface area (Å²) in [4.78, 5) is 25.7. The van der Waals surface area contributed by atoms with Gasteiger partial charge in [0.15, 0.2) is 0 Å². The summed E-state index contributed by atoms with van der Waals surface area (Å²) >= 11 is 1.58. The van der Waals surface area contributed by atoms with E-state index in [2.05, 4.69) is 25.4 Å². The van der Waals surface area contributed by atoms with Gasteiger partial charge in [-0.05, 0) is 19.8 Å². The first-order valence-electron chi connectivity index (χ1n) is 8.83. The van der Waals surface area contributed by atoms with E-state index in [1.165, 1.54) is 4.68 Å². The van der Waals surface area contributed by atoms with Gasteiger partial charge in [0.05, 0.1) is 24.4 Å². The third-order valence-electron chi connectivity index (χ3n) is 4.57. The lowest BCUT2D eigenvalue weighted by molar-refractivity contribution is 0.397. The van der Waals surface area contributed by atoms with E-state index in [0.29, 0.717) is 24.9 Å². The highest BCUT2D eigenvalue weighted by Crippen LogP contribution is 2.17. The number of ether oxygens (including phenoxy) is 1. The van der Waals surface area contributed by atoms with Gasteiger partial charge in [-0.15, -0.1) is 11.3 Å². The maximum atomic E-state index is 12.7. The number of hydrogen-bond donors (Lipinski definition) is 1. The first kappa shape index (κ1) is 17.7. The predicted molar refractivity (Wildman–Crippen MR) is 101 cm³/mol. The fourth-order valence-electron chi connectivity index (χ4n) is 3.22. The van der Waals surface area contributed by atoms with Crippen molar-refractivity contribution in [2.45, 2.75) is 45.3 Å². The van der Waals surface area contributed by atoms with Crippen LogP contribution >= 0.6 is 11.3 Å². The molecular weight excluding hydrogens is 366 g/mol. The molecule has 3 aromatic rings. The first-order valence-corrected chi connectivity index (χ1v) is 9.71. The molecule has 1 unspecified atom stereocenters. The molecule has 0 radical (unpaired) electrons. The molecule has 0 saturated heterocycles. The van der Waals surface area contributed by atoms with Gasteiger partial charge < -0.3 is 10.1 Å². The van der Waals surface area contributed by atoms with Crippen LogP contribution in [-0.4, -0.2) is 42.5 Å². The monoisotopic (exact) mass is 387 g/mol. The summed E-state index contributed by atoms with van der Waals surface area (Å²) in [5, 5.41) is 10.8. The molecule has 10 heteroatoms. The Balaban J connectivity index is 1.45. The minimum atomic E-state index is -0.0751. The number of fused-ring (bicyclic) bond motifs is 1. The summed E-state index contributed by atoms with van der Waals surface area (Å²) < 4.78 is 8.42. The molecule has 0 aromatic carbocycles. The molecule has 0 spiro atoms. The van der Waals surface area contributed by atoms with E-state index in [9.17, 15) is 4.79 Å². The highest BCUT2D eigenvalue weighted by Gasteiger charge is 2.21. The van der Waals surface area contributed by atoms with Gasteiger partial charge in [-0.3, -0.25) is 4.57 Å². The van der Waals surface area contributed by atoms with Gasteiger partial charge in [0.25, 0.3) is 0 Å². The molecule has 0 saturated carbocycles. The van der Waals surface area contributed by atoms with E-state index >= 15 is 0 Å². The number of methoxy groups -OCH3 is 1. The summed E-state index contributed by atoms with van der Waals surface area (Å²) in [5.41, 5.74) is 0.802. The van der Waals surface area contributed by atoms with Crippen molar-refractivity contribution in [1.82, 2.24) is 29.3 Å². The zero-order valence-corrected chi connectivity index (χ0v) is 16.1. The number of anilines is 1. The predicted octanol–water partition coefficient (Wildman–Crippen LogP) is 1.47. The summed E-state index contributed by atoms with van der Waals surface area (Å²) in [6.07, 6.45) is 4.04. The number of nitrogens with one attached hydrogen (secondary N) is 1. The average molecular weight is 387 g/mol. The van der Waals surface area contributed by atoms with Gasteiger partial charge in [-0.1, -0.05) is 0 Å². The lowest BCUT2D eigenvalue weighted by Gasteiger charge is -2.16. The van der Waals surface area contributed by atoms with Crippen molar-refractivity contribution in [2.75, 3.05) is 12.4 Å². The Hall–Kier alpha value is -2.75. The zero-order chi connectivity index (χ0) is 18.8. The third kappa shape index (κ3) is 3.85. The first-order chi connectivity index (χ1) is 13.1. The number of aryl methyl sites for hydroxylation is 2. The SMILES string of the molecule is COc1ccnc(NC2CCc3nn(Cc4csc(C)n4)c(=O)n3CC2)n1. The van der Waals surface area contributed by atoms with Crippen molar-refractivity contribution in [3.63, 3.8) is 0 Å². The molecule has 1 aliphatic heterocycles. The lowest BCUT2D eigenvalue weighted by atomic mass is 10.1. The fourth-order valence-corrected chi connectivity index (χ4v) is 3.82. The molecule has 4 rings (SSSR count). The molecule has 3 aromatic heterocycles. The molecule has 27 heavy (non-hydrogen) atoms. The van der Waals surface area contributed by atoms with Crippen LogP contribution in [0.5, 0.6) is 5.88 Å². The molecule has 0 bridgehead atoms. The lowest BCUT2D eigenvalue weighted by Crippen LogP contribution is -2.27. The maximum Gasteiger partial charge on any atom is 0.346 e. The molecule has 1 N–H and O–H groups in total. The van der Waals surface area contributed by atoms with Crippen LogP contribution in [-0.2, 0) is 19.5 Å². The molecule has 0 fully saturated rings. The van der Waals surface area contributed by atoms with Gasteiger partial charge in [-0.25, -0.2) is 19.4 Å². The second-order valence-corrected chi connectivity index (χ2v) is 7.52. The molecule has 4 heterocycles. The topological polar surface area (TPSA) is 99.8 Å². The highest BCUT2D eigenvalue weighted by atomic mass is 32.1. The highest BCUT2D eigenvalue weighted by molar-refractivity contribution is 7.09. The van der Waals surface area contributed by atoms with E-state index in [0.717, 1.165) is 35.8 Å². The second kappa shape index (κ2) is 7.47. The van der Waals surface area contributed by atoms with Gasteiger partial charge in [0.2, 0.25) is 11.8 Å². The van der Waals surface area contributed by atoms with Crippen LogP contribution in [0.25, 0.3) is 0 Å². The van der Waals surface area contributed by atoms with E-state index in [4.69, 9.17) is 4.74 Å². The standard InChI is InChI=1S/C17H21N7O2S/c1-11-19-13(10-27-11)9-24-17(25)23-8-6-12(3-4-14(23)22-24)20-16-18-7-5-15(21-16)26-2/h5,7,10,12H,3-4,6,8-9H2,1-2H3,(H,18,20,21). The number of aromatic nitrogens is 6. The van der Waals surface area contributed by atoms with Crippen molar-refractivity contribution >= 4 is 17.3 Å². The Labute approximate surface area is 160 Å². The Morgan fingerprint density at radius 1 is 1.37 bits per heavy atom. The largest absolute Gasteiger partial charge is 0.481 e. The van der Waals surface area contributed by atoms with E-state index in [1.807, 2.05) is 12.3 Å². The van der Waals surface area contributed by atoms with E-state index in [1.54, 1.807) is 35.3 Å². The zero-order valence-electron chi connectivity index (χ0n) is 15.3. The van der Waals surface area contributed by atoms with Crippen molar-refractivity contribution in [3.05, 3.63) is 44.7 Å². The van der Waals surface area contributed by atoms with E-state index < -0.39 is 0 Å². The Morgan fingerprint density at radius 2 is 2.26 bits per heavy atom.